The van der Waals surface area contributed by atoms with Gasteiger partial charge in [0.1, 0.15) is 5.69 Å². The zero-order valence-corrected chi connectivity index (χ0v) is 13.3. The van der Waals surface area contributed by atoms with Gasteiger partial charge in [-0.2, -0.15) is 10.4 Å². The van der Waals surface area contributed by atoms with Crippen molar-refractivity contribution in [3.05, 3.63) is 54.0 Å². The molecule has 1 aliphatic heterocycles. The van der Waals surface area contributed by atoms with Crippen LogP contribution in [0.2, 0.25) is 0 Å². The number of hydrogen-bond donors (Lipinski definition) is 1. The summed E-state index contributed by atoms with van der Waals surface area (Å²) >= 11 is 0. The quantitative estimate of drug-likeness (QED) is 0.800. The number of H-pyrrole nitrogens is 1. The van der Waals surface area contributed by atoms with Crippen molar-refractivity contribution in [2.24, 2.45) is 4.99 Å². The summed E-state index contributed by atoms with van der Waals surface area (Å²) < 4.78 is 2.08. The first-order chi connectivity index (χ1) is 11.8. The van der Waals surface area contributed by atoms with Gasteiger partial charge in [0.2, 0.25) is 0 Å². The Morgan fingerprint density at radius 3 is 2.96 bits per heavy atom. The molecule has 118 valence electrons. The van der Waals surface area contributed by atoms with E-state index < -0.39 is 0 Å². The Kier molecular flexibility index (Phi) is 3.47. The predicted octanol–water partition coefficient (Wildman–Crippen LogP) is 3.42. The predicted molar refractivity (Wildman–Crippen MR) is 91.1 cm³/mol. The SMILES string of the molecule is CCC1C(Cn2ccnc2-c2ccn[nH]2)=Nc2cc(C#N)ccc21. The molecule has 1 aromatic carbocycles. The van der Waals surface area contributed by atoms with E-state index >= 15 is 0 Å². The summed E-state index contributed by atoms with van der Waals surface area (Å²) in [5.74, 6) is 1.13. The van der Waals surface area contributed by atoms with Crippen LogP contribution in [-0.4, -0.2) is 25.5 Å². The smallest absolute Gasteiger partial charge is 0.158 e. The van der Waals surface area contributed by atoms with Crippen LogP contribution in [0.5, 0.6) is 0 Å². The molecule has 3 heterocycles. The van der Waals surface area contributed by atoms with E-state index in [4.69, 9.17) is 10.3 Å². The molecule has 0 aliphatic carbocycles. The highest BCUT2D eigenvalue weighted by atomic mass is 15.2. The molecule has 0 amide bonds. The second-order valence-electron chi connectivity index (χ2n) is 5.80. The molecule has 0 spiro atoms. The number of aromatic nitrogens is 4. The van der Waals surface area contributed by atoms with Gasteiger partial charge in [0, 0.05) is 30.2 Å². The number of benzene rings is 1. The van der Waals surface area contributed by atoms with Gasteiger partial charge in [0.25, 0.3) is 0 Å². The molecular weight excluding hydrogens is 300 g/mol. The molecule has 0 bridgehead atoms. The molecule has 6 heteroatoms. The van der Waals surface area contributed by atoms with E-state index in [0.29, 0.717) is 12.1 Å². The number of aliphatic imine (C=N–C) groups is 1. The van der Waals surface area contributed by atoms with Gasteiger partial charge < -0.3 is 4.57 Å². The van der Waals surface area contributed by atoms with E-state index in [-0.39, 0.29) is 5.92 Å². The lowest BCUT2D eigenvalue weighted by atomic mass is 9.92. The highest BCUT2D eigenvalue weighted by Gasteiger charge is 2.26. The van der Waals surface area contributed by atoms with Crippen molar-refractivity contribution in [1.82, 2.24) is 19.7 Å². The maximum absolute atomic E-state index is 9.09. The minimum absolute atomic E-state index is 0.282. The van der Waals surface area contributed by atoms with Gasteiger partial charge in [0.15, 0.2) is 5.82 Å². The highest BCUT2D eigenvalue weighted by molar-refractivity contribution is 5.98. The molecule has 1 N–H and O–H groups in total. The summed E-state index contributed by atoms with van der Waals surface area (Å²) in [6.07, 6.45) is 6.43. The first-order valence-corrected chi connectivity index (χ1v) is 7.92. The third-order valence-corrected chi connectivity index (χ3v) is 4.40. The zero-order chi connectivity index (χ0) is 16.5. The molecule has 0 saturated heterocycles. The summed E-state index contributed by atoms with van der Waals surface area (Å²) in [6.45, 7) is 2.83. The van der Waals surface area contributed by atoms with Crippen molar-refractivity contribution in [3.63, 3.8) is 0 Å². The van der Waals surface area contributed by atoms with Crippen LogP contribution in [0.3, 0.4) is 0 Å². The van der Waals surface area contributed by atoms with Gasteiger partial charge in [-0.25, -0.2) is 4.98 Å². The molecule has 4 rings (SSSR count). The fraction of sp³-hybridized carbons (Fsp3) is 0.222. The Balaban J connectivity index is 1.68. The molecule has 0 saturated carbocycles. The average Bonchev–Trinajstić information content (AvgIpc) is 3.33. The number of rotatable bonds is 4. The summed E-state index contributed by atoms with van der Waals surface area (Å²) in [6, 6.07) is 9.85. The largest absolute Gasteiger partial charge is 0.324 e. The van der Waals surface area contributed by atoms with E-state index in [2.05, 4.69) is 32.7 Å². The molecule has 1 atom stereocenters. The topological polar surface area (TPSA) is 82.7 Å². The second kappa shape index (κ2) is 5.78. The van der Waals surface area contributed by atoms with Crippen molar-refractivity contribution >= 4 is 11.4 Å². The van der Waals surface area contributed by atoms with Crippen LogP contribution in [0.15, 0.2) is 47.8 Å². The Labute approximate surface area is 139 Å². The van der Waals surface area contributed by atoms with Crippen molar-refractivity contribution in [3.8, 4) is 17.6 Å². The second-order valence-corrected chi connectivity index (χ2v) is 5.80. The molecule has 3 aromatic rings. The van der Waals surface area contributed by atoms with Gasteiger partial charge >= 0.3 is 0 Å². The zero-order valence-electron chi connectivity index (χ0n) is 13.3. The maximum atomic E-state index is 9.09. The minimum atomic E-state index is 0.282. The maximum Gasteiger partial charge on any atom is 0.158 e. The van der Waals surface area contributed by atoms with Crippen LogP contribution in [-0.2, 0) is 6.54 Å². The average molecular weight is 316 g/mol. The van der Waals surface area contributed by atoms with Crippen LogP contribution >= 0.6 is 0 Å². The Bertz CT molecular complexity index is 942. The Morgan fingerprint density at radius 1 is 1.29 bits per heavy atom. The van der Waals surface area contributed by atoms with E-state index in [9.17, 15) is 0 Å². The number of imidazole rings is 1. The Morgan fingerprint density at radius 2 is 2.21 bits per heavy atom. The van der Waals surface area contributed by atoms with Crippen molar-refractivity contribution in [2.75, 3.05) is 0 Å². The molecular formula is C18H16N6. The number of nitrogens with zero attached hydrogens (tertiary/aromatic N) is 5. The van der Waals surface area contributed by atoms with Crippen LogP contribution in [0.4, 0.5) is 5.69 Å². The van der Waals surface area contributed by atoms with Gasteiger partial charge in [-0.3, -0.25) is 10.1 Å². The van der Waals surface area contributed by atoms with Crippen molar-refractivity contribution < 1.29 is 0 Å². The summed E-state index contributed by atoms with van der Waals surface area (Å²) in [4.78, 5) is 9.22. The third kappa shape index (κ3) is 2.31. The van der Waals surface area contributed by atoms with Gasteiger partial charge in [-0.1, -0.05) is 13.0 Å². The van der Waals surface area contributed by atoms with Crippen LogP contribution in [0, 0.1) is 11.3 Å². The Hall–Kier alpha value is -3.20. The molecule has 1 unspecified atom stereocenters. The molecule has 6 nitrogen and oxygen atoms in total. The summed E-state index contributed by atoms with van der Waals surface area (Å²) in [5.41, 5.74) is 4.75. The van der Waals surface area contributed by atoms with Crippen LogP contribution in [0.1, 0.15) is 30.4 Å². The summed E-state index contributed by atoms with van der Waals surface area (Å²) in [7, 11) is 0. The number of nitrogens with one attached hydrogen (secondary N) is 1. The lowest BCUT2D eigenvalue weighted by Crippen LogP contribution is -2.15. The van der Waals surface area contributed by atoms with Crippen molar-refractivity contribution in [2.45, 2.75) is 25.8 Å². The molecule has 1 aliphatic rings. The van der Waals surface area contributed by atoms with Gasteiger partial charge in [-0.15, -0.1) is 0 Å². The molecule has 24 heavy (non-hydrogen) atoms. The van der Waals surface area contributed by atoms with Gasteiger partial charge in [-0.05, 0) is 30.2 Å². The third-order valence-electron chi connectivity index (χ3n) is 4.40. The number of nitriles is 1. The standard InChI is InChI=1S/C18H16N6/c1-2-13-14-4-3-12(10-19)9-16(14)22-17(13)11-24-8-7-20-18(24)15-5-6-21-23-15/h3-9,13H,2,11H2,1H3,(H,21,23). The van der Waals surface area contributed by atoms with E-state index in [1.165, 1.54) is 5.56 Å². The number of aromatic amines is 1. The molecule has 2 aromatic heterocycles. The lowest BCUT2D eigenvalue weighted by Gasteiger charge is -2.14. The highest BCUT2D eigenvalue weighted by Crippen LogP contribution is 2.38. The fourth-order valence-electron chi connectivity index (χ4n) is 3.25. The first-order valence-electron chi connectivity index (χ1n) is 7.92. The van der Waals surface area contributed by atoms with Crippen LogP contribution < -0.4 is 0 Å². The monoisotopic (exact) mass is 316 g/mol. The van der Waals surface area contributed by atoms with Gasteiger partial charge in [0.05, 0.1) is 23.9 Å². The minimum Gasteiger partial charge on any atom is -0.324 e. The van der Waals surface area contributed by atoms with Crippen LogP contribution in [0.25, 0.3) is 11.5 Å². The number of fused-ring (bicyclic) bond motifs is 1. The summed E-state index contributed by atoms with van der Waals surface area (Å²) in [5, 5.41) is 16.0. The molecule has 0 radical (unpaired) electrons. The number of hydrogen-bond acceptors (Lipinski definition) is 4. The normalized spacial score (nSPS) is 15.8. The van der Waals surface area contributed by atoms with Crippen molar-refractivity contribution in [1.29, 1.82) is 5.26 Å². The molecule has 0 fully saturated rings. The fourth-order valence-corrected chi connectivity index (χ4v) is 3.25. The van der Waals surface area contributed by atoms with E-state index in [0.717, 1.165) is 29.3 Å². The first kappa shape index (κ1) is 14.4. The van der Waals surface area contributed by atoms with E-state index in [1.807, 2.05) is 30.5 Å². The lowest BCUT2D eigenvalue weighted by molar-refractivity contribution is 0.786. The van der Waals surface area contributed by atoms with E-state index in [1.54, 1.807) is 12.4 Å².